The second-order valence-corrected chi connectivity index (χ2v) is 6.72. The first-order chi connectivity index (χ1) is 9.17. The Bertz CT molecular complexity index is 675. The molecule has 0 spiro atoms. The molecule has 0 fully saturated rings. The molecule has 0 aliphatic carbocycles. The van der Waals surface area contributed by atoms with Crippen molar-refractivity contribution in [1.82, 2.24) is 15.2 Å². The van der Waals surface area contributed by atoms with Gasteiger partial charge in [0, 0.05) is 17.8 Å². The van der Waals surface area contributed by atoms with Gasteiger partial charge in [0.25, 0.3) is 0 Å². The first kappa shape index (κ1) is 12.5. The maximum atomic E-state index is 8.82. The van der Waals surface area contributed by atoms with Crippen molar-refractivity contribution in [1.29, 1.82) is 5.26 Å². The third kappa shape index (κ3) is 2.33. The number of hydrogen-bond donors (Lipinski definition) is 0. The average molecular weight is 336 g/mol. The van der Waals surface area contributed by atoms with Crippen LogP contribution in [0.1, 0.15) is 21.8 Å². The van der Waals surface area contributed by atoms with Crippen molar-refractivity contribution in [2.24, 2.45) is 0 Å². The predicted octanol–water partition coefficient (Wildman–Crippen LogP) is 2.44. The highest BCUT2D eigenvalue weighted by molar-refractivity contribution is 9.11. The SMILES string of the molecule is Cc1cc(C#N)nnc1N1CCc2nc(Br)sc2C1. The van der Waals surface area contributed by atoms with Gasteiger partial charge >= 0.3 is 0 Å². The summed E-state index contributed by atoms with van der Waals surface area (Å²) in [6.45, 7) is 3.65. The van der Waals surface area contributed by atoms with E-state index in [1.165, 1.54) is 10.6 Å². The summed E-state index contributed by atoms with van der Waals surface area (Å²) in [6, 6.07) is 3.79. The Morgan fingerprint density at radius 2 is 2.32 bits per heavy atom. The third-order valence-corrected chi connectivity index (χ3v) is 4.61. The van der Waals surface area contributed by atoms with Gasteiger partial charge in [-0.25, -0.2) is 4.98 Å². The molecule has 0 aromatic carbocycles. The summed E-state index contributed by atoms with van der Waals surface area (Å²) in [5, 5.41) is 16.9. The lowest BCUT2D eigenvalue weighted by molar-refractivity contribution is 0.706. The molecular weight excluding hydrogens is 326 g/mol. The minimum atomic E-state index is 0.361. The molecular formula is C12H10BrN5S. The molecule has 3 rings (SSSR count). The molecule has 96 valence electrons. The quantitative estimate of drug-likeness (QED) is 0.800. The maximum absolute atomic E-state index is 8.82. The first-order valence-electron chi connectivity index (χ1n) is 5.81. The standard InChI is InChI=1S/C12H10BrN5S/c1-7-4-8(5-14)16-17-11(7)18-3-2-9-10(6-18)19-12(13)15-9/h4H,2-3,6H2,1H3. The van der Waals surface area contributed by atoms with Crippen LogP contribution in [0.5, 0.6) is 0 Å². The summed E-state index contributed by atoms with van der Waals surface area (Å²) < 4.78 is 0.932. The second-order valence-electron chi connectivity index (χ2n) is 4.36. The van der Waals surface area contributed by atoms with Crippen molar-refractivity contribution in [3.8, 4) is 6.07 Å². The van der Waals surface area contributed by atoms with Crippen molar-refractivity contribution in [3.05, 3.63) is 31.8 Å². The number of thiazole rings is 1. The minimum absolute atomic E-state index is 0.361. The summed E-state index contributed by atoms with van der Waals surface area (Å²) in [4.78, 5) is 7.92. The van der Waals surface area contributed by atoms with Crippen LogP contribution in [0.25, 0.3) is 0 Å². The lowest BCUT2D eigenvalue weighted by Crippen LogP contribution is -2.31. The monoisotopic (exact) mass is 335 g/mol. The van der Waals surface area contributed by atoms with Gasteiger partial charge in [-0.05, 0) is 34.5 Å². The fraction of sp³-hybridized carbons (Fsp3) is 0.333. The van der Waals surface area contributed by atoms with Crippen LogP contribution in [0.4, 0.5) is 5.82 Å². The Kier molecular flexibility index (Phi) is 3.21. The highest BCUT2D eigenvalue weighted by Crippen LogP contribution is 2.30. The van der Waals surface area contributed by atoms with Crippen molar-refractivity contribution >= 4 is 33.1 Å². The van der Waals surface area contributed by atoms with E-state index >= 15 is 0 Å². The fourth-order valence-electron chi connectivity index (χ4n) is 2.19. The highest BCUT2D eigenvalue weighted by atomic mass is 79.9. The Hall–Kier alpha value is -1.52. The van der Waals surface area contributed by atoms with Gasteiger partial charge in [0.2, 0.25) is 0 Å². The van der Waals surface area contributed by atoms with E-state index in [9.17, 15) is 0 Å². The molecule has 5 nitrogen and oxygen atoms in total. The molecule has 0 saturated carbocycles. The zero-order chi connectivity index (χ0) is 13.4. The van der Waals surface area contributed by atoms with Crippen molar-refractivity contribution in [3.63, 3.8) is 0 Å². The van der Waals surface area contributed by atoms with Crippen LogP contribution < -0.4 is 4.90 Å². The van der Waals surface area contributed by atoms with E-state index in [1.54, 1.807) is 17.4 Å². The van der Waals surface area contributed by atoms with Gasteiger partial charge in [-0.3, -0.25) is 0 Å². The van der Waals surface area contributed by atoms with Crippen molar-refractivity contribution < 1.29 is 0 Å². The highest BCUT2D eigenvalue weighted by Gasteiger charge is 2.22. The third-order valence-electron chi connectivity index (χ3n) is 3.08. The molecule has 0 bridgehead atoms. The lowest BCUT2D eigenvalue weighted by Gasteiger charge is -2.27. The van der Waals surface area contributed by atoms with Crippen molar-refractivity contribution in [2.75, 3.05) is 11.4 Å². The molecule has 0 saturated heterocycles. The normalized spacial score (nSPS) is 14.1. The van der Waals surface area contributed by atoms with E-state index in [1.807, 2.05) is 13.0 Å². The Morgan fingerprint density at radius 3 is 3.05 bits per heavy atom. The first-order valence-corrected chi connectivity index (χ1v) is 7.42. The number of nitrogens with zero attached hydrogens (tertiary/aromatic N) is 5. The molecule has 19 heavy (non-hydrogen) atoms. The minimum Gasteiger partial charge on any atom is -0.349 e. The largest absolute Gasteiger partial charge is 0.349 e. The molecule has 0 unspecified atom stereocenters. The summed E-state index contributed by atoms with van der Waals surface area (Å²) in [7, 11) is 0. The summed E-state index contributed by atoms with van der Waals surface area (Å²) in [6.07, 6.45) is 0.915. The number of fused-ring (bicyclic) bond motifs is 1. The number of aromatic nitrogens is 3. The molecule has 3 heterocycles. The predicted molar refractivity (Wildman–Crippen MR) is 76.1 cm³/mol. The molecule has 2 aromatic heterocycles. The molecule has 2 aromatic rings. The molecule has 7 heteroatoms. The van der Waals surface area contributed by atoms with Crippen LogP contribution in [0.3, 0.4) is 0 Å². The van der Waals surface area contributed by atoms with E-state index in [0.29, 0.717) is 5.69 Å². The fourth-order valence-corrected chi connectivity index (χ4v) is 3.84. The van der Waals surface area contributed by atoms with E-state index in [0.717, 1.165) is 34.8 Å². The lowest BCUT2D eigenvalue weighted by atomic mass is 10.1. The Balaban J connectivity index is 1.91. The van der Waals surface area contributed by atoms with E-state index in [2.05, 4.69) is 36.0 Å². The number of halogens is 1. The smallest absolute Gasteiger partial charge is 0.163 e. The van der Waals surface area contributed by atoms with Gasteiger partial charge in [-0.1, -0.05) is 0 Å². The average Bonchev–Trinajstić information content (AvgIpc) is 2.77. The second kappa shape index (κ2) is 4.87. The van der Waals surface area contributed by atoms with Gasteiger partial charge in [0.05, 0.1) is 12.2 Å². The molecule has 0 amide bonds. The number of rotatable bonds is 1. The van der Waals surface area contributed by atoms with Crippen LogP contribution in [0, 0.1) is 18.3 Å². The molecule has 1 aliphatic heterocycles. The van der Waals surface area contributed by atoms with Gasteiger partial charge < -0.3 is 4.90 Å². The number of anilines is 1. The Morgan fingerprint density at radius 1 is 1.47 bits per heavy atom. The maximum Gasteiger partial charge on any atom is 0.163 e. The summed E-state index contributed by atoms with van der Waals surface area (Å²) in [5.41, 5.74) is 2.52. The van der Waals surface area contributed by atoms with Crippen LogP contribution in [0.2, 0.25) is 0 Å². The number of nitriles is 1. The molecule has 0 radical (unpaired) electrons. The zero-order valence-corrected chi connectivity index (χ0v) is 12.6. The van der Waals surface area contributed by atoms with Gasteiger partial charge in [0.1, 0.15) is 6.07 Å². The van der Waals surface area contributed by atoms with Crippen LogP contribution in [0.15, 0.2) is 9.98 Å². The van der Waals surface area contributed by atoms with Gasteiger partial charge in [0.15, 0.2) is 15.4 Å². The summed E-state index contributed by atoms with van der Waals surface area (Å²) >= 11 is 5.09. The van der Waals surface area contributed by atoms with Gasteiger partial charge in [-0.2, -0.15) is 5.26 Å². The van der Waals surface area contributed by atoms with Crippen LogP contribution in [-0.2, 0) is 13.0 Å². The van der Waals surface area contributed by atoms with E-state index in [4.69, 9.17) is 5.26 Å². The van der Waals surface area contributed by atoms with E-state index < -0.39 is 0 Å². The van der Waals surface area contributed by atoms with E-state index in [-0.39, 0.29) is 0 Å². The van der Waals surface area contributed by atoms with Crippen LogP contribution >= 0.6 is 27.3 Å². The molecule has 1 aliphatic rings. The Labute approximate surface area is 123 Å². The summed E-state index contributed by atoms with van der Waals surface area (Å²) in [5.74, 6) is 0.856. The number of hydrogen-bond acceptors (Lipinski definition) is 6. The topological polar surface area (TPSA) is 65.7 Å². The van der Waals surface area contributed by atoms with Crippen LogP contribution in [-0.4, -0.2) is 21.7 Å². The van der Waals surface area contributed by atoms with Crippen molar-refractivity contribution in [2.45, 2.75) is 19.9 Å². The number of aryl methyl sites for hydroxylation is 1. The zero-order valence-electron chi connectivity index (χ0n) is 10.2. The molecule has 0 atom stereocenters. The molecule has 0 N–H and O–H groups in total. The van der Waals surface area contributed by atoms with Gasteiger partial charge in [-0.15, -0.1) is 21.5 Å².